The minimum Gasteiger partial charge on any atom is -0.457 e. The molecule has 310 valence electrons. The van der Waals surface area contributed by atoms with E-state index in [0.29, 0.717) is 117 Å². The predicted molar refractivity (Wildman–Crippen MR) is 206 cm³/mol. The highest BCUT2D eigenvalue weighted by atomic mass is 16.7. The van der Waals surface area contributed by atoms with Gasteiger partial charge >= 0.3 is 0 Å². The van der Waals surface area contributed by atoms with E-state index in [-0.39, 0.29) is 34.0 Å². The van der Waals surface area contributed by atoms with Gasteiger partial charge in [-0.15, -0.1) is 0 Å². The first-order chi connectivity index (χ1) is 29.5. The number of aliphatic hydroxyl groups is 5. The van der Waals surface area contributed by atoms with Gasteiger partial charge in [0, 0.05) is 32.1 Å². The average molecular weight is 821 g/mol. The van der Waals surface area contributed by atoms with Gasteiger partial charge in [0.15, 0.2) is 0 Å². The average Bonchev–Trinajstić information content (AvgIpc) is 3.21. The fourth-order valence-electron chi connectivity index (χ4n) is 9.75. The van der Waals surface area contributed by atoms with Crippen molar-refractivity contribution in [3.8, 4) is 57.5 Å². The number of ether oxygens (including phenoxy) is 10. The quantitative estimate of drug-likeness (QED) is 0.167. The summed E-state index contributed by atoms with van der Waals surface area (Å²) in [7, 11) is 0. The lowest BCUT2D eigenvalue weighted by Crippen LogP contribution is -2.22. The molecule has 0 radical (unpaired) electrons. The van der Waals surface area contributed by atoms with Crippen molar-refractivity contribution in [2.45, 2.75) is 65.1 Å². The molecule has 5 heterocycles. The van der Waals surface area contributed by atoms with Gasteiger partial charge in [0.25, 0.3) is 0 Å². The van der Waals surface area contributed by atoms with Crippen LogP contribution >= 0.6 is 0 Å². The van der Waals surface area contributed by atoms with Crippen molar-refractivity contribution in [2.24, 2.45) is 0 Å². The Morgan fingerprint density at radius 2 is 0.383 bits per heavy atom. The lowest BCUT2D eigenvalue weighted by atomic mass is 9.87. The molecule has 10 bridgehead atoms. The van der Waals surface area contributed by atoms with E-state index in [2.05, 4.69) is 0 Å². The van der Waals surface area contributed by atoms with Crippen LogP contribution < -0.4 is 47.4 Å². The van der Waals surface area contributed by atoms with Crippen LogP contribution in [0.1, 0.15) is 83.5 Å². The van der Waals surface area contributed by atoms with Crippen molar-refractivity contribution in [1.29, 1.82) is 0 Å². The number of hydrogen-bond donors (Lipinski definition) is 5. The maximum Gasteiger partial charge on any atom is 0.230 e. The molecule has 5 N–H and O–H groups in total. The van der Waals surface area contributed by atoms with Crippen LogP contribution in [0.5, 0.6) is 57.5 Å². The van der Waals surface area contributed by atoms with E-state index in [1.807, 2.05) is 30.3 Å². The van der Waals surface area contributed by atoms with E-state index in [4.69, 9.17) is 47.4 Å². The Labute approximate surface area is 342 Å². The predicted octanol–water partition coefficient (Wildman–Crippen LogP) is 4.06. The molecule has 0 saturated carbocycles. The molecule has 15 nitrogen and oxygen atoms in total. The number of hydrogen-bond acceptors (Lipinski definition) is 15. The van der Waals surface area contributed by atoms with Crippen molar-refractivity contribution in [2.75, 3.05) is 34.0 Å². The summed E-state index contributed by atoms with van der Waals surface area (Å²) in [6, 6.07) is 9.99. The van der Waals surface area contributed by atoms with Crippen molar-refractivity contribution in [1.82, 2.24) is 0 Å². The lowest BCUT2D eigenvalue weighted by Gasteiger charge is -2.31. The summed E-state index contributed by atoms with van der Waals surface area (Å²) >= 11 is 0. The molecule has 5 aliphatic heterocycles. The normalized spacial score (nSPS) is 16.1. The fraction of sp³-hybridized carbons (Fsp3) is 0.333. The van der Waals surface area contributed by atoms with Crippen LogP contribution in [0.25, 0.3) is 0 Å². The molecule has 5 aromatic rings. The highest BCUT2D eigenvalue weighted by Crippen LogP contribution is 2.50. The van der Waals surface area contributed by atoms with Crippen LogP contribution in [0.15, 0.2) is 30.3 Å². The summed E-state index contributed by atoms with van der Waals surface area (Å²) < 4.78 is 62.4. The zero-order valence-electron chi connectivity index (χ0n) is 32.3. The topological polar surface area (TPSA) is 193 Å². The Kier molecular flexibility index (Phi) is 8.97. The van der Waals surface area contributed by atoms with Crippen molar-refractivity contribution in [3.63, 3.8) is 0 Å². The van der Waals surface area contributed by atoms with Crippen LogP contribution in [0.2, 0.25) is 0 Å². The molecule has 0 saturated heterocycles. The number of aliphatic hydroxyl groups excluding tert-OH is 5. The molecular formula is C45H40O15. The molecule has 5 aromatic carbocycles. The monoisotopic (exact) mass is 820 g/mol. The minimum atomic E-state index is -0.402. The first kappa shape index (κ1) is 36.9. The van der Waals surface area contributed by atoms with Crippen LogP contribution in [0, 0.1) is 0 Å². The maximum atomic E-state index is 10.9. The van der Waals surface area contributed by atoms with Crippen LogP contribution in [0.4, 0.5) is 0 Å². The Bertz CT molecular complexity index is 2060. The first-order valence-electron chi connectivity index (χ1n) is 19.7. The third kappa shape index (κ3) is 5.68. The standard InChI is InChI=1S/C45H40O15/c46-11-31-36-21-1-22-7-24-3-26-9-28-5-30-10-29-4-27-8-25-2-23(6-21)38(53-16-51-36)32(12-47)40(25)55-18-57-42(27)34(14-49)44(29)59-20-60-45(30)35(15-50)43(28)58-19-56-41(26)33(13-48)39(24)54-17-52-37(22)31/h1-5,46-50H,6-20H2. The van der Waals surface area contributed by atoms with E-state index in [0.717, 1.165) is 55.6 Å². The summed E-state index contributed by atoms with van der Waals surface area (Å²) in [5.74, 6) is 4.18. The zero-order valence-corrected chi connectivity index (χ0v) is 32.3. The number of benzene rings is 5. The van der Waals surface area contributed by atoms with Gasteiger partial charge in [-0.25, -0.2) is 0 Å². The molecule has 0 fully saturated rings. The Hall–Kier alpha value is -6.10. The van der Waals surface area contributed by atoms with E-state index in [1.165, 1.54) is 0 Å². The third-order valence-electron chi connectivity index (χ3n) is 12.1. The van der Waals surface area contributed by atoms with E-state index < -0.39 is 33.0 Å². The summed E-state index contributed by atoms with van der Waals surface area (Å²) in [5, 5.41) is 54.5. The summed E-state index contributed by atoms with van der Waals surface area (Å²) in [5.41, 5.74) is 9.74. The summed E-state index contributed by atoms with van der Waals surface area (Å²) in [4.78, 5) is 0. The van der Waals surface area contributed by atoms with E-state index >= 15 is 0 Å². The molecule has 60 heavy (non-hydrogen) atoms. The Balaban J connectivity index is 1.21. The molecule has 0 aromatic heterocycles. The van der Waals surface area contributed by atoms with Gasteiger partial charge in [-0.3, -0.25) is 0 Å². The summed E-state index contributed by atoms with van der Waals surface area (Å²) in [6.07, 6.45) is 1.48. The fourth-order valence-corrected chi connectivity index (χ4v) is 9.75. The lowest BCUT2D eigenvalue weighted by molar-refractivity contribution is 0.0907. The molecule has 0 spiro atoms. The van der Waals surface area contributed by atoms with Gasteiger partial charge in [-0.1, -0.05) is 0 Å². The SMILES string of the molecule is OCc1c2c3cc4c1OCOc1c(cc5c(c1CO)OCOc1c(cc6c(c1CO)OCOc1c(cc7c(c1CO)OCOc1c(cc(c(c1CO)OCO2)C3)C7)C6)C5)C4. The van der Waals surface area contributed by atoms with Gasteiger partial charge in [-0.2, -0.15) is 0 Å². The largest absolute Gasteiger partial charge is 0.457 e. The molecule has 6 aliphatic rings. The molecule has 1 aliphatic carbocycles. The second-order valence-corrected chi connectivity index (χ2v) is 15.4. The van der Waals surface area contributed by atoms with E-state index in [1.54, 1.807) is 0 Å². The molecule has 0 atom stereocenters. The van der Waals surface area contributed by atoms with Gasteiger partial charge in [0.05, 0.1) is 60.9 Å². The summed E-state index contributed by atoms with van der Waals surface area (Å²) in [6.45, 7) is -3.17. The van der Waals surface area contributed by atoms with Crippen molar-refractivity contribution < 1.29 is 72.9 Å². The molecule has 0 unspecified atom stereocenters. The van der Waals surface area contributed by atoms with Crippen LogP contribution in [0.3, 0.4) is 0 Å². The highest BCUT2D eigenvalue weighted by Gasteiger charge is 2.34. The zero-order chi connectivity index (χ0) is 40.6. The molecular weight excluding hydrogens is 780 g/mol. The maximum absolute atomic E-state index is 10.9. The van der Waals surface area contributed by atoms with Crippen molar-refractivity contribution >= 4 is 0 Å². The molecule has 0 amide bonds. The molecule has 11 rings (SSSR count). The first-order valence-corrected chi connectivity index (χ1v) is 19.7. The second kappa shape index (κ2) is 14.6. The van der Waals surface area contributed by atoms with Gasteiger partial charge in [0.2, 0.25) is 34.0 Å². The highest BCUT2D eigenvalue weighted by molar-refractivity contribution is 5.66. The van der Waals surface area contributed by atoms with Crippen LogP contribution in [-0.4, -0.2) is 59.5 Å². The van der Waals surface area contributed by atoms with Crippen molar-refractivity contribution in [3.05, 3.63) is 114 Å². The minimum absolute atomic E-state index is 0.232. The van der Waals surface area contributed by atoms with E-state index in [9.17, 15) is 25.5 Å². The second-order valence-electron chi connectivity index (χ2n) is 15.4. The molecule has 15 heteroatoms. The van der Waals surface area contributed by atoms with Gasteiger partial charge in [-0.05, 0) is 86.0 Å². The van der Waals surface area contributed by atoms with Gasteiger partial charge in [0.1, 0.15) is 57.5 Å². The number of rotatable bonds is 5. The third-order valence-corrected chi connectivity index (χ3v) is 12.1. The smallest absolute Gasteiger partial charge is 0.230 e. The van der Waals surface area contributed by atoms with Crippen LogP contribution in [-0.2, 0) is 65.1 Å². The van der Waals surface area contributed by atoms with Gasteiger partial charge < -0.3 is 72.9 Å². The Morgan fingerprint density at radius 1 is 0.250 bits per heavy atom. The Morgan fingerprint density at radius 3 is 0.500 bits per heavy atom.